The lowest BCUT2D eigenvalue weighted by Gasteiger charge is -2.10. The van der Waals surface area contributed by atoms with Crippen molar-refractivity contribution in [2.45, 2.75) is 20.0 Å². The van der Waals surface area contributed by atoms with Gasteiger partial charge in [-0.2, -0.15) is 15.0 Å². The number of benzene rings is 2. The number of anilines is 3. The van der Waals surface area contributed by atoms with Crippen molar-refractivity contribution >= 4 is 34.9 Å². The fourth-order valence-electron chi connectivity index (χ4n) is 3.21. The van der Waals surface area contributed by atoms with Crippen molar-refractivity contribution in [3.8, 4) is 22.1 Å². The fourth-order valence-corrected chi connectivity index (χ4v) is 4.06. The molecule has 0 aliphatic carbocycles. The molecule has 3 N–H and O–H groups in total. The molecule has 2 aromatic heterocycles. The third-order valence-electron chi connectivity index (χ3n) is 4.71. The van der Waals surface area contributed by atoms with Gasteiger partial charge in [0.15, 0.2) is 12.4 Å². The number of ether oxygens (including phenoxy) is 3. The summed E-state index contributed by atoms with van der Waals surface area (Å²) in [5, 5.41) is 5.64. The summed E-state index contributed by atoms with van der Waals surface area (Å²) in [6.07, 6.45) is 0.0141. The van der Waals surface area contributed by atoms with Gasteiger partial charge in [-0.25, -0.2) is 4.98 Å². The molecule has 0 aliphatic rings. The SMILES string of the molecule is CCOc1ccccc1-c1nc(CC(=O)OCc2nc(N)nc(Nc3ccccc3OC)n2)cs1. The van der Waals surface area contributed by atoms with Gasteiger partial charge in [-0.05, 0) is 31.2 Å². The van der Waals surface area contributed by atoms with Gasteiger partial charge < -0.3 is 25.3 Å². The number of methoxy groups -OCH3 is 1. The minimum Gasteiger partial charge on any atom is -0.495 e. The van der Waals surface area contributed by atoms with E-state index in [4.69, 9.17) is 19.9 Å². The van der Waals surface area contributed by atoms with Gasteiger partial charge >= 0.3 is 5.97 Å². The first kappa shape index (κ1) is 23.9. The van der Waals surface area contributed by atoms with Gasteiger partial charge in [-0.15, -0.1) is 11.3 Å². The summed E-state index contributed by atoms with van der Waals surface area (Å²) in [7, 11) is 1.57. The molecule has 10 nitrogen and oxygen atoms in total. The van der Waals surface area contributed by atoms with E-state index in [2.05, 4.69) is 25.3 Å². The highest BCUT2D eigenvalue weighted by molar-refractivity contribution is 7.13. The van der Waals surface area contributed by atoms with Crippen LogP contribution in [0.1, 0.15) is 18.4 Å². The highest BCUT2D eigenvalue weighted by Gasteiger charge is 2.14. The van der Waals surface area contributed by atoms with E-state index >= 15 is 0 Å². The van der Waals surface area contributed by atoms with Crippen molar-refractivity contribution in [2.24, 2.45) is 0 Å². The number of carbonyl (C=O) groups is 1. The number of hydrogen-bond donors (Lipinski definition) is 2. The van der Waals surface area contributed by atoms with Crippen LogP contribution in [-0.2, 0) is 22.6 Å². The molecule has 0 amide bonds. The molecule has 180 valence electrons. The number of thiazole rings is 1. The number of nitrogens with two attached hydrogens (primary N) is 1. The molecule has 4 aromatic rings. The first-order chi connectivity index (χ1) is 17.1. The zero-order chi connectivity index (χ0) is 24.6. The Kier molecular flexibility index (Phi) is 7.68. The van der Waals surface area contributed by atoms with E-state index in [0.29, 0.717) is 23.7 Å². The van der Waals surface area contributed by atoms with E-state index in [9.17, 15) is 4.79 Å². The molecule has 4 rings (SSSR count). The maximum Gasteiger partial charge on any atom is 0.312 e. The lowest BCUT2D eigenvalue weighted by molar-refractivity contribution is -0.144. The van der Waals surface area contributed by atoms with Crippen LogP contribution < -0.4 is 20.5 Å². The lowest BCUT2D eigenvalue weighted by atomic mass is 10.2. The van der Waals surface area contributed by atoms with Crippen molar-refractivity contribution < 1.29 is 19.0 Å². The minimum absolute atomic E-state index is 0.000512. The Morgan fingerprint density at radius 3 is 2.60 bits per heavy atom. The summed E-state index contributed by atoms with van der Waals surface area (Å²) < 4.78 is 16.3. The Labute approximate surface area is 206 Å². The number of esters is 1. The molecule has 0 atom stereocenters. The van der Waals surface area contributed by atoms with Crippen molar-refractivity contribution in [3.63, 3.8) is 0 Å². The second-order valence-corrected chi connectivity index (χ2v) is 8.03. The number of hydrogen-bond acceptors (Lipinski definition) is 11. The summed E-state index contributed by atoms with van der Waals surface area (Å²) in [4.78, 5) is 29.4. The normalized spacial score (nSPS) is 10.6. The zero-order valence-corrected chi connectivity index (χ0v) is 20.0. The average Bonchev–Trinajstić information content (AvgIpc) is 3.31. The van der Waals surface area contributed by atoms with Crippen molar-refractivity contribution in [2.75, 3.05) is 24.8 Å². The lowest BCUT2D eigenvalue weighted by Crippen LogP contribution is -2.12. The Hall–Kier alpha value is -4.25. The third kappa shape index (κ3) is 6.21. The van der Waals surface area contributed by atoms with Crippen molar-refractivity contribution in [3.05, 3.63) is 65.4 Å². The predicted molar refractivity (Wildman–Crippen MR) is 133 cm³/mol. The molecule has 0 aliphatic heterocycles. The Bertz CT molecular complexity index is 1310. The van der Waals surface area contributed by atoms with Crippen LogP contribution in [0.25, 0.3) is 10.6 Å². The quantitative estimate of drug-likeness (QED) is 0.313. The van der Waals surface area contributed by atoms with Gasteiger partial charge in [0, 0.05) is 5.38 Å². The average molecular weight is 493 g/mol. The molecule has 0 saturated carbocycles. The second-order valence-electron chi connectivity index (χ2n) is 7.17. The van der Waals surface area contributed by atoms with Crippen LogP contribution in [0.5, 0.6) is 11.5 Å². The van der Waals surface area contributed by atoms with Crippen molar-refractivity contribution in [1.29, 1.82) is 0 Å². The monoisotopic (exact) mass is 492 g/mol. The maximum atomic E-state index is 12.4. The molecule has 0 bridgehead atoms. The van der Waals surface area contributed by atoms with E-state index in [1.807, 2.05) is 54.8 Å². The number of aromatic nitrogens is 4. The van der Waals surface area contributed by atoms with E-state index in [0.717, 1.165) is 16.3 Å². The Balaban J connectivity index is 1.38. The summed E-state index contributed by atoms with van der Waals surface area (Å²) in [5.74, 6) is 1.34. The van der Waals surface area contributed by atoms with Crippen LogP contribution in [-0.4, -0.2) is 39.6 Å². The summed E-state index contributed by atoms with van der Waals surface area (Å²) in [6.45, 7) is 2.33. The third-order valence-corrected chi connectivity index (χ3v) is 5.63. The zero-order valence-electron chi connectivity index (χ0n) is 19.2. The van der Waals surface area contributed by atoms with Crippen LogP contribution in [0, 0.1) is 0 Å². The van der Waals surface area contributed by atoms with Gasteiger partial charge in [0.2, 0.25) is 11.9 Å². The van der Waals surface area contributed by atoms with Gasteiger partial charge in [0.25, 0.3) is 0 Å². The van der Waals surface area contributed by atoms with Crippen LogP contribution in [0.15, 0.2) is 53.9 Å². The van der Waals surface area contributed by atoms with Gasteiger partial charge in [-0.1, -0.05) is 24.3 Å². The van der Waals surface area contributed by atoms with Gasteiger partial charge in [-0.3, -0.25) is 4.79 Å². The second kappa shape index (κ2) is 11.3. The summed E-state index contributed by atoms with van der Waals surface area (Å²) >= 11 is 1.44. The smallest absolute Gasteiger partial charge is 0.312 e. The van der Waals surface area contributed by atoms with E-state index in [-0.39, 0.29) is 30.7 Å². The van der Waals surface area contributed by atoms with Crippen LogP contribution in [0.2, 0.25) is 0 Å². The highest BCUT2D eigenvalue weighted by atomic mass is 32.1. The number of nitrogen functional groups attached to an aromatic ring is 1. The molecule has 0 spiro atoms. The molecule has 2 aromatic carbocycles. The largest absolute Gasteiger partial charge is 0.495 e. The van der Waals surface area contributed by atoms with E-state index < -0.39 is 5.97 Å². The molecule has 0 radical (unpaired) electrons. The summed E-state index contributed by atoms with van der Waals surface area (Å²) in [6, 6.07) is 15.0. The molecule has 35 heavy (non-hydrogen) atoms. The first-order valence-corrected chi connectivity index (χ1v) is 11.7. The number of para-hydroxylation sites is 3. The molecule has 0 unspecified atom stereocenters. The Morgan fingerprint density at radius 1 is 1.03 bits per heavy atom. The minimum atomic E-state index is -0.460. The Morgan fingerprint density at radius 2 is 1.80 bits per heavy atom. The number of nitrogens with zero attached hydrogens (tertiary/aromatic N) is 4. The van der Waals surface area contributed by atoms with Gasteiger partial charge in [0.05, 0.1) is 37.1 Å². The van der Waals surface area contributed by atoms with E-state index in [1.54, 1.807) is 13.2 Å². The van der Waals surface area contributed by atoms with Crippen LogP contribution >= 0.6 is 11.3 Å². The van der Waals surface area contributed by atoms with Crippen LogP contribution in [0.3, 0.4) is 0 Å². The molecular weight excluding hydrogens is 468 g/mol. The maximum absolute atomic E-state index is 12.4. The molecule has 0 saturated heterocycles. The summed E-state index contributed by atoms with van der Waals surface area (Å²) in [5.41, 5.74) is 7.96. The molecular formula is C24H24N6O4S. The predicted octanol–water partition coefficient (Wildman–Crippen LogP) is 4.01. The number of rotatable bonds is 10. The highest BCUT2D eigenvalue weighted by Crippen LogP contribution is 2.32. The van der Waals surface area contributed by atoms with Crippen LogP contribution in [0.4, 0.5) is 17.6 Å². The fraction of sp³-hybridized carbons (Fsp3) is 0.208. The standard InChI is InChI=1S/C24H24N6O4S/c1-3-33-18-10-6-4-8-16(18)22-26-15(14-35-22)12-21(31)34-13-20-28-23(25)30-24(29-20)27-17-9-5-7-11-19(17)32-2/h4-11,14H,3,12-13H2,1-2H3,(H3,25,27,28,29,30). The van der Waals surface area contributed by atoms with E-state index in [1.165, 1.54) is 11.3 Å². The molecule has 11 heteroatoms. The van der Waals surface area contributed by atoms with Crippen molar-refractivity contribution in [1.82, 2.24) is 19.9 Å². The number of nitrogens with one attached hydrogen (secondary N) is 1. The topological polar surface area (TPSA) is 134 Å². The molecule has 0 fully saturated rings. The molecule has 2 heterocycles. The first-order valence-electron chi connectivity index (χ1n) is 10.8. The van der Waals surface area contributed by atoms with Gasteiger partial charge in [0.1, 0.15) is 16.5 Å². The number of carbonyl (C=O) groups excluding carboxylic acids is 1.